The summed E-state index contributed by atoms with van der Waals surface area (Å²) in [7, 11) is -3.26. The SMILES string of the molecule is COP(=O)(OC)C(O)(c1ccc(C)cc1)C(F)(F)F. The van der Waals surface area contributed by atoms with Crippen molar-refractivity contribution in [2.24, 2.45) is 0 Å². The van der Waals surface area contributed by atoms with Crippen LogP contribution in [0.2, 0.25) is 0 Å². The van der Waals surface area contributed by atoms with Crippen LogP contribution in [-0.2, 0) is 19.0 Å². The van der Waals surface area contributed by atoms with E-state index in [9.17, 15) is 22.8 Å². The molecule has 1 rings (SSSR count). The van der Waals surface area contributed by atoms with Crippen LogP contribution < -0.4 is 0 Å². The van der Waals surface area contributed by atoms with E-state index >= 15 is 0 Å². The first kappa shape index (κ1) is 16.2. The summed E-state index contributed by atoms with van der Waals surface area (Å²) in [5.74, 6) is 0. The van der Waals surface area contributed by atoms with Gasteiger partial charge in [0.1, 0.15) is 0 Å². The van der Waals surface area contributed by atoms with Gasteiger partial charge in [-0.25, -0.2) is 0 Å². The number of rotatable bonds is 4. The fourth-order valence-corrected chi connectivity index (χ4v) is 3.06. The number of benzene rings is 1. The van der Waals surface area contributed by atoms with Gasteiger partial charge in [-0.2, -0.15) is 13.2 Å². The van der Waals surface area contributed by atoms with Crippen LogP contribution in [0.5, 0.6) is 0 Å². The summed E-state index contributed by atoms with van der Waals surface area (Å²) in [6.45, 7) is 1.67. The van der Waals surface area contributed by atoms with E-state index in [2.05, 4.69) is 9.05 Å². The number of hydrogen-bond acceptors (Lipinski definition) is 4. The number of hydrogen-bond donors (Lipinski definition) is 1. The maximum absolute atomic E-state index is 13.2. The Bertz CT molecular complexity index is 478. The molecule has 0 radical (unpaired) electrons. The second-order valence-electron chi connectivity index (χ2n) is 3.90. The Morgan fingerprint density at radius 2 is 1.53 bits per heavy atom. The summed E-state index contributed by atoms with van der Waals surface area (Å²) >= 11 is 0. The molecule has 8 heteroatoms. The molecular weight excluding hydrogens is 284 g/mol. The molecule has 0 heterocycles. The van der Waals surface area contributed by atoms with Crippen molar-refractivity contribution in [3.63, 3.8) is 0 Å². The molecule has 108 valence electrons. The zero-order valence-electron chi connectivity index (χ0n) is 10.6. The fraction of sp³-hybridized carbons (Fsp3) is 0.455. The summed E-state index contributed by atoms with van der Waals surface area (Å²) in [5, 5.41) is 6.28. The second kappa shape index (κ2) is 5.25. The molecule has 1 atom stereocenters. The molecule has 1 N–H and O–H groups in total. The lowest BCUT2D eigenvalue weighted by Crippen LogP contribution is -2.42. The molecule has 0 bridgehead atoms. The molecule has 0 spiro atoms. The van der Waals surface area contributed by atoms with E-state index in [4.69, 9.17) is 0 Å². The maximum atomic E-state index is 13.2. The predicted molar refractivity (Wildman–Crippen MR) is 62.8 cm³/mol. The van der Waals surface area contributed by atoms with Crippen LogP contribution >= 0.6 is 7.60 Å². The molecule has 0 aliphatic heterocycles. The van der Waals surface area contributed by atoms with Crippen molar-refractivity contribution in [2.75, 3.05) is 14.2 Å². The molecular formula is C11H14F3O4P. The van der Waals surface area contributed by atoms with Crippen molar-refractivity contribution in [3.05, 3.63) is 35.4 Å². The van der Waals surface area contributed by atoms with E-state index < -0.39 is 24.7 Å². The molecule has 0 amide bonds. The van der Waals surface area contributed by atoms with Crippen LogP contribution in [-0.4, -0.2) is 25.5 Å². The third kappa shape index (κ3) is 2.56. The van der Waals surface area contributed by atoms with E-state index in [1.807, 2.05) is 0 Å². The standard InChI is InChI=1S/C11H14F3O4P/c1-8-4-6-9(7-5-8)10(15,11(12,13)14)19(16,17-2)18-3/h4-7,15H,1-3H3. The maximum Gasteiger partial charge on any atom is 0.433 e. The van der Waals surface area contributed by atoms with Gasteiger partial charge in [-0.3, -0.25) is 4.57 Å². The van der Waals surface area contributed by atoms with Crippen LogP contribution in [0.25, 0.3) is 0 Å². The normalized spacial score (nSPS) is 16.2. The number of aryl methyl sites for hydroxylation is 1. The Balaban J connectivity index is 3.54. The van der Waals surface area contributed by atoms with Gasteiger partial charge in [-0.1, -0.05) is 29.8 Å². The summed E-state index contributed by atoms with van der Waals surface area (Å²) in [4.78, 5) is 0. The lowest BCUT2D eigenvalue weighted by molar-refractivity contribution is -0.236. The van der Waals surface area contributed by atoms with E-state index in [1.54, 1.807) is 6.92 Å². The fourth-order valence-electron chi connectivity index (χ4n) is 1.60. The zero-order valence-corrected chi connectivity index (χ0v) is 11.5. The van der Waals surface area contributed by atoms with Gasteiger partial charge in [0.2, 0.25) is 0 Å². The summed E-state index contributed by atoms with van der Waals surface area (Å²) < 4.78 is 60.3. The Morgan fingerprint density at radius 3 is 1.84 bits per heavy atom. The molecule has 0 aromatic heterocycles. The van der Waals surface area contributed by atoms with E-state index in [1.165, 1.54) is 12.1 Å². The highest BCUT2D eigenvalue weighted by atomic mass is 31.2. The number of halogens is 3. The molecule has 1 unspecified atom stereocenters. The highest BCUT2D eigenvalue weighted by molar-refractivity contribution is 7.55. The molecule has 4 nitrogen and oxygen atoms in total. The molecule has 0 saturated heterocycles. The number of alkyl halides is 3. The monoisotopic (exact) mass is 298 g/mol. The Hall–Kier alpha value is -0.880. The minimum absolute atomic E-state index is 0.599. The van der Waals surface area contributed by atoms with Crippen LogP contribution in [0.3, 0.4) is 0 Å². The third-order valence-electron chi connectivity index (χ3n) is 2.73. The van der Waals surface area contributed by atoms with Gasteiger partial charge < -0.3 is 14.2 Å². The van der Waals surface area contributed by atoms with Gasteiger partial charge in [-0.15, -0.1) is 0 Å². The molecule has 1 aromatic carbocycles. The summed E-state index contributed by atoms with van der Waals surface area (Å²) in [6, 6.07) is 4.80. The smallest absolute Gasteiger partial charge is 0.366 e. The van der Waals surface area contributed by atoms with Crippen molar-refractivity contribution in [3.8, 4) is 0 Å². The van der Waals surface area contributed by atoms with Crippen molar-refractivity contribution in [1.82, 2.24) is 0 Å². The molecule has 0 aliphatic carbocycles. The van der Waals surface area contributed by atoms with Gasteiger partial charge in [0.25, 0.3) is 5.34 Å². The van der Waals surface area contributed by atoms with Crippen LogP contribution in [0, 0.1) is 6.92 Å². The summed E-state index contributed by atoms with van der Waals surface area (Å²) in [5.41, 5.74) is 0.0931. The largest absolute Gasteiger partial charge is 0.433 e. The molecule has 1 aromatic rings. The van der Waals surface area contributed by atoms with E-state index in [-0.39, 0.29) is 0 Å². The zero-order chi connectivity index (χ0) is 14.9. The first-order valence-electron chi connectivity index (χ1n) is 5.20. The van der Waals surface area contributed by atoms with Crippen molar-refractivity contribution in [2.45, 2.75) is 18.4 Å². The van der Waals surface area contributed by atoms with Crippen molar-refractivity contribution >= 4 is 7.60 Å². The Morgan fingerprint density at radius 1 is 1.11 bits per heavy atom. The highest BCUT2D eigenvalue weighted by Gasteiger charge is 2.68. The minimum atomic E-state index is -5.22. The first-order valence-corrected chi connectivity index (χ1v) is 6.74. The van der Waals surface area contributed by atoms with E-state index in [0.29, 0.717) is 5.56 Å². The van der Waals surface area contributed by atoms with Gasteiger partial charge in [0.05, 0.1) is 0 Å². The van der Waals surface area contributed by atoms with Gasteiger partial charge in [0, 0.05) is 19.8 Å². The Kier molecular flexibility index (Phi) is 4.47. The van der Waals surface area contributed by atoms with Gasteiger partial charge in [-0.05, 0) is 6.92 Å². The Labute approximate surface area is 108 Å². The van der Waals surface area contributed by atoms with Crippen LogP contribution in [0.1, 0.15) is 11.1 Å². The van der Waals surface area contributed by atoms with Crippen LogP contribution in [0.4, 0.5) is 13.2 Å². The molecule has 0 saturated carbocycles. The van der Waals surface area contributed by atoms with Gasteiger partial charge in [0.15, 0.2) is 0 Å². The van der Waals surface area contributed by atoms with Gasteiger partial charge >= 0.3 is 13.8 Å². The first-order chi connectivity index (χ1) is 8.62. The predicted octanol–water partition coefficient (Wildman–Crippen LogP) is 3.19. The van der Waals surface area contributed by atoms with Crippen molar-refractivity contribution < 1.29 is 31.9 Å². The quantitative estimate of drug-likeness (QED) is 0.867. The lowest BCUT2D eigenvalue weighted by atomic mass is 10.1. The minimum Gasteiger partial charge on any atom is -0.366 e. The number of aliphatic hydroxyl groups is 1. The molecule has 0 aliphatic rings. The van der Waals surface area contributed by atoms with Crippen molar-refractivity contribution in [1.29, 1.82) is 0 Å². The van der Waals surface area contributed by atoms with Crippen LogP contribution in [0.15, 0.2) is 24.3 Å². The molecule has 19 heavy (non-hydrogen) atoms. The lowest BCUT2D eigenvalue weighted by Gasteiger charge is -2.34. The summed E-state index contributed by atoms with van der Waals surface area (Å²) in [6.07, 6.45) is -5.22. The topological polar surface area (TPSA) is 55.8 Å². The highest BCUT2D eigenvalue weighted by Crippen LogP contribution is 2.68. The second-order valence-corrected chi connectivity index (χ2v) is 6.27. The van der Waals surface area contributed by atoms with E-state index in [0.717, 1.165) is 26.4 Å². The average Bonchev–Trinajstić information content (AvgIpc) is 2.36. The average molecular weight is 298 g/mol. The molecule has 0 fully saturated rings. The third-order valence-corrected chi connectivity index (χ3v) is 4.99.